The van der Waals surface area contributed by atoms with Crippen molar-refractivity contribution in [3.63, 3.8) is 0 Å². The van der Waals surface area contributed by atoms with Crippen molar-refractivity contribution in [3.05, 3.63) is 29.8 Å². The van der Waals surface area contributed by atoms with Crippen LogP contribution in [-0.4, -0.2) is 31.1 Å². The van der Waals surface area contributed by atoms with Crippen LogP contribution in [0.4, 0.5) is 0 Å². The first-order valence-corrected chi connectivity index (χ1v) is 6.57. The molecule has 0 saturated carbocycles. The number of para-hydroxylation sites is 1. The topological polar surface area (TPSA) is 12.5 Å². The lowest BCUT2D eigenvalue weighted by Gasteiger charge is -2.26. The van der Waals surface area contributed by atoms with E-state index >= 15 is 0 Å². The Morgan fingerprint density at radius 1 is 1.33 bits per heavy atom. The van der Waals surface area contributed by atoms with Gasteiger partial charge >= 0.3 is 0 Å². The standard InChI is InChI=1S/C16H23NO/c1-5-12-17(4)15(6-2)13-14-10-8-9-11-16(14)18-7-3/h1,8-11,15H,6-7,12-13H2,2-4H3. The second kappa shape index (κ2) is 7.79. The summed E-state index contributed by atoms with van der Waals surface area (Å²) in [4.78, 5) is 2.22. The maximum atomic E-state index is 5.66. The van der Waals surface area contributed by atoms with Crippen molar-refractivity contribution >= 4 is 0 Å². The fourth-order valence-corrected chi connectivity index (χ4v) is 2.11. The highest BCUT2D eigenvalue weighted by atomic mass is 16.5. The van der Waals surface area contributed by atoms with E-state index in [1.54, 1.807) is 0 Å². The van der Waals surface area contributed by atoms with Crippen molar-refractivity contribution in [2.24, 2.45) is 0 Å². The van der Waals surface area contributed by atoms with Gasteiger partial charge in [-0.2, -0.15) is 0 Å². The Balaban J connectivity index is 2.78. The van der Waals surface area contributed by atoms with Gasteiger partial charge in [0.15, 0.2) is 0 Å². The zero-order chi connectivity index (χ0) is 13.4. The van der Waals surface area contributed by atoms with Crippen molar-refractivity contribution in [2.45, 2.75) is 32.7 Å². The van der Waals surface area contributed by atoms with Crippen molar-refractivity contribution in [2.75, 3.05) is 20.2 Å². The zero-order valence-electron chi connectivity index (χ0n) is 11.6. The van der Waals surface area contributed by atoms with Gasteiger partial charge in [0.1, 0.15) is 5.75 Å². The van der Waals surface area contributed by atoms with Gasteiger partial charge in [0.2, 0.25) is 0 Å². The normalized spacial score (nSPS) is 12.2. The van der Waals surface area contributed by atoms with Gasteiger partial charge in [-0.25, -0.2) is 0 Å². The van der Waals surface area contributed by atoms with Crippen LogP contribution in [-0.2, 0) is 6.42 Å². The quantitative estimate of drug-likeness (QED) is 0.685. The van der Waals surface area contributed by atoms with E-state index in [4.69, 9.17) is 11.2 Å². The van der Waals surface area contributed by atoms with Crippen LogP contribution in [0.5, 0.6) is 5.75 Å². The zero-order valence-corrected chi connectivity index (χ0v) is 11.6. The molecule has 1 aromatic rings. The summed E-state index contributed by atoms with van der Waals surface area (Å²) in [5.74, 6) is 3.70. The first-order chi connectivity index (χ1) is 8.72. The molecule has 1 rings (SSSR count). The molecule has 2 nitrogen and oxygen atoms in total. The van der Waals surface area contributed by atoms with Gasteiger partial charge in [-0.3, -0.25) is 4.90 Å². The molecule has 0 saturated heterocycles. The molecule has 0 aliphatic heterocycles. The van der Waals surface area contributed by atoms with Gasteiger partial charge in [-0.15, -0.1) is 6.42 Å². The van der Waals surface area contributed by atoms with Crippen LogP contribution in [0.1, 0.15) is 25.8 Å². The number of terminal acetylenes is 1. The van der Waals surface area contributed by atoms with E-state index < -0.39 is 0 Å². The Labute approximate surface area is 111 Å². The molecule has 1 atom stereocenters. The maximum Gasteiger partial charge on any atom is 0.122 e. The maximum absolute atomic E-state index is 5.66. The molecule has 0 bridgehead atoms. The lowest BCUT2D eigenvalue weighted by Crippen LogP contribution is -2.33. The molecule has 0 aliphatic carbocycles. The number of benzene rings is 1. The van der Waals surface area contributed by atoms with Crippen LogP contribution in [0.2, 0.25) is 0 Å². The molecule has 0 aliphatic rings. The molecular weight excluding hydrogens is 222 g/mol. The summed E-state index contributed by atoms with van der Waals surface area (Å²) in [5.41, 5.74) is 1.26. The molecule has 1 unspecified atom stereocenters. The molecule has 0 amide bonds. The van der Waals surface area contributed by atoms with Crippen molar-refractivity contribution < 1.29 is 4.74 Å². The summed E-state index contributed by atoms with van der Waals surface area (Å²) in [6, 6.07) is 8.71. The molecule has 18 heavy (non-hydrogen) atoms. The Kier molecular flexibility index (Phi) is 6.32. The van der Waals surface area contributed by atoms with Gasteiger partial charge in [0.25, 0.3) is 0 Å². The lowest BCUT2D eigenvalue weighted by molar-refractivity contribution is 0.257. The highest BCUT2D eigenvalue weighted by Gasteiger charge is 2.14. The van der Waals surface area contributed by atoms with Gasteiger partial charge in [0, 0.05) is 6.04 Å². The van der Waals surface area contributed by atoms with Gasteiger partial charge in [0.05, 0.1) is 13.2 Å². The van der Waals surface area contributed by atoms with Crippen LogP contribution >= 0.6 is 0 Å². The molecule has 98 valence electrons. The highest BCUT2D eigenvalue weighted by Crippen LogP contribution is 2.21. The number of hydrogen-bond acceptors (Lipinski definition) is 2. The third-order valence-corrected chi connectivity index (χ3v) is 3.16. The van der Waals surface area contributed by atoms with E-state index in [1.165, 1.54) is 5.56 Å². The van der Waals surface area contributed by atoms with E-state index in [0.29, 0.717) is 19.2 Å². The Morgan fingerprint density at radius 2 is 2.06 bits per heavy atom. The fraction of sp³-hybridized carbons (Fsp3) is 0.500. The average Bonchev–Trinajstić information content (AvgIpc) is 2.38. The molecular formula is C16H23NO. The van der Waals surface area contributed by atoms with E-state index in [2.05, 4.69) is 36.9 Å². The lowest BCUT2D eigenvalue weighted by atomic mass is 10.0. The van der Waals surface area contributed by atoms with Crippen molar-refractivity contribution in [1.82, 2.24) is 4.90 Å². The molecule has 0 aromatic heterocycles. The van der Waals surface area contributed by atoms with E-state index in [0.717, 1.165) is 18.6 Å². The number of ether oxygens (including phenoxy) is 1. The number of likely N-dealkylation sites (N-methyl/N-ethyl adjacent to an activating group) is 1. The smallest absolute Gasteiger partial charge is 0.122 e. The monoisotopic (exact) mass is 245 g/mol. The predicted octanol–water partition coefficient (Wildman–Crippen LogP) is 2.97. The molecule has 1 aromatic carbocycles. The Bertz CT molecular complexity index is 394. The number of hydrogen-bond donors (Lipinski definition) is 0. The van der Waals surface area contributed by atoms with E-state index in [-0.39, 0.29) is 0 Å². The number of nitrogens with zero attached hydrogens (tertiary/aromatic N) is 1. The SMILES string of the molecule is C#CCN(C)C(CC)Cc1ccccc1OCC. The molecule has 0 N–H and O–H groups in total. The van der Waals surface area contributed by atoms with Crippen LogP contribution in [0.25, 0.3) is 0 Å². The second-order valence-electron chi connectivity index (χ2n) is 4.43. The minimum Gasteiger partial charge on any atom is -0.494 e. The summed E-state index contributed by atoms with van der Waals surface area (Å²) in [6.45, 7) is 5.60. The summed E-state index contributed by atoms with van der Waals surface area (Å²) in [5, 5.41) is 0. The Hall–Kier alpha value is -1.46. The molecule has 2 heteroatoms. The fourth-order valence-electron chi connectivity index (χ4n) is 2.11. The summed E-state index contributed by atoms with van der Waals surface area (Å²) in [6.07, 6.45) is 7.44. The van der Waals surface area contributed by atoms with E-state index in [1.807, 2.05) is 19.1 Å². The molecule has 0 fully saturated rings. The first-order valence-electron chi connectivity index (χ1n) is 6.57. The van der Waals surface area contributed by atoms with Crippen LogP contribution < -0.4 is 4.74 Å². The van der Waals surface area contributed by atoms with Crippen molar-refractivity contribution in [3.8, 4) is 18.1 Å². The summed E-state index contributed by atoms with van der Waals surface area (Å²) in [7, 11) is 2.08. The third kappa shape index (κ3) is 4.09. The Morgan fingerprint density at radius 3 is 2.67 bits per heavy atom. The molecule has 0 radical (unpaired) electrons. The van der Waals surface area contributed by atoms with Gasteiger partial charge in [-0.1, -0.05) is 31.0 Å². The van der Waals surface area contributed by atoms with Crippen LogP contribution in [0.3, 0.4) is 0 Å². The van der Waals surface area contributed by atoms with E-state index in [9.17, 15) is 0 Å². The number of rotatable bonds is 7. The average molecular weight is 245 g/mol. The van der Waals surface area contributed by atoms with Gasteiger partial charge in [-0.05, 0) is 38.4 Å². The predicted molar refractivity (Wildman–Crippen MR) is 76.9 cm³/mol. The molecule has 0 heterocycles. The van der Waals surface area contributed by atoms with Crippen LogP contribution in [0.15, 0.2) is 24.3 Å². The summed E-state index contributed by atoms with van der Waals surface area (Å²) < 4.78 is 5.66. The minimum absolute atomic E-state index is 0.461. The summed E-state index contributed by atoms with van der Waals surface area (Å²) >= 11 is 0. The van der Waals surface area contributed by atoms with Gasteiger partial charge < -0.3 is 4.74 Å². The molecule has 0 spiro atoms. The van der Waals surface area contributed by atoms with Crippen molar-refractivity contribution in [1.29, 1.82) is 0 Å². The largest absolute Gasteiger partial charge is 0.494 e. The van der Waals surface area contributed by atoms with Crippen LogP contribution in [0, 0.1) is 12.3 Å². The highest BCUT2D eigenvalue weighted by molar-refractivity contribution is 5.34. The first kappa shape index (κ1) is 14.6. The minimum atomic E-state index is 0.461. The third-order valence-electron chi connectivity index (χ3n) is 3.16. The second-order valence-corrected chi connectivity index (χ2v) is 4.43.